The zero-order valence-electron chi connectivity index (χ0n) is 15.9. The molecular formula is C21H17N5O2S. The van der Waals surface area contributed by atoms with Crippen LogP contribution in [0.4, 0.5) is 5.69 Å². The van der Waals surface area contributed by atoms with Gasteiger partial charge in [0.25, 0.3) is 0 Å². The van der Waals surface area contributed by atoms with Gasteiger partial charge in [-0.1, -0.05) is 55.1 Å². The van der Waals surface area contributed by atoms with Crippen molar-refractivity contribution in [2.45, 2.75) is 25.2 Å². The number of aromatic nitrogens is 3. The summed E-state index contributed by atoms with van der Waals surface area (Å²) in [6, 6.07) is 16.6. The molecule has 1 amide bonds. The number of anilines is 1. The van der Waals surface area contributed by atoms with Gasteiger partial charge in [-0.3, -0.25) is 9.69 Å². The normalized spacial score (nSPS) is 14.8. The van der Waals surface area contributed by atoms with E-state index in [1.165, 1.54) is 23.6 Å². The molecule has 0 aliphatic carbocycles. The average molecular weight is 403 g/mol. The predicted molar refractivity (Wildman–Crippen MR) is 109 cm³/mol. The van der Waals surface area contributed by atoms with Crippen LogP contribution in [0.1, 0.15) is 31.2 Å². The average Bonchev–Trinajstić information content (AvgIpc) is 2.88. The maximum atomic E-state index is 12.7. The molecule has 29 heavy (non-hydrogen) atoms. The van der Waals surface area contributed by atoms with Crippen molar-refractivity contribution in [3.05, 3.63) is 59.7 Å². The molecule has 2 heterocycles. The zero-order valence-corrected chi connectivity index (χ0v) is 16.7. The standard InChI is InChI=1S/C21H17N5O2S/c1-3-29-21-23-19-18(24-25-21)16-10-6-7-11-17(16)26(13(2)27)20(28-19)15-9-5-4-8-14(15)12-22/h4-11,20H,3H2,1-2H3. The Morgan fingerprint density at radius 2 is 1.97 bits per heavy atom. The van der Waals surface area contributed by atoms with Crippen LogP contribution < -0.4 is 9.64 Å². The Morgan fingerprint density at radius 3 is 2.72 bits per heavy atom. The summed E-state index contributed by atoms with van der Waals surface area (Å²) < 4.78 is 6.26. The van der Waals surface area contributed by atoms with E-state index in [9.17, 15) is 10.1 Å². The molecule has 2 aromatic carbocycles. The lowest BCUT2D eigenvalue weighted by Crippen LogP contribution is -2.36. The molecule has 0 saturated carbocycles. The number of fused-ring (bicyclic) bond motifs is 3. The summed E-state index contributed by atoms with van der Waals surface area (Å²) in [5.74, 6) is 0.848. The minimum Gasteiger partial charge on any atom is -0.447 e. The molecule has 1 unspecified atom stereocenters. The quantitative estimate of drug-likeness (QED) is 0.611. The van der Waals surface area contributed by atoms with Crippen molar-refractivity contribution < 1.29 is 9.53 Å². The van der Waals surface area contributed by atoms with Crippen molar-refractivity contribution in [2.24, 2.45) is 0 Å². The van der Waals surface area contributed by atoms with Gasteiger partial charge in [0.15, 0.2) is 5.69 Å². The zero-order chi connectivity index (χ0) is 20.4. The summed E-state index contributed by atoms with van der Waals surface area (Å²) in [5, 5.41) is 18.6. The number of thioether (sulfide) groups is 1. The molecule has 1 aliphatic rings. The van der Waals surface area contributed by atoms with Crippen LogP contribution in [0, 0.1) is 11.3 Å². The van der Waals surface area contributed by atoms with E-state index in [2.05, 4.69) is 21.3 Å². The summed E-state index contributed by atoms with van der Waals surface area (Å²) >= 11 is 1.45. The molecule has 0 radical (unpaired) electrons. The van der Waals surface area contributed by atoms with Gasteiger partial charge in [0.1, 0.15) is 0 Å². The highest BCUT2D eigenvalue weighted by Gasteiger charge is 2.35. The molecule has 0 fully saturated rings. The number of rotatable bonds is 3. The van der Waals surface area contributed by atoms with E-state index in [-0.39, 0.29) is 11.8 Å². The fourth-order valence-corrected chi connectivity index (χ4v) is 3.76. The third kappa shape index (κ3) is 3.41. The lowest BCUT2D eigenvalue weighted by atomic mass is 10.0. The number of carbonyl (C=O) groups excluding carboxylic acids is 1. The molecule has 0 saturated heterocycles. The van der Waals surface area contributed by atoms with Crippen LogP contribution in [0.2, 0.25) is 0 Å². The van der Waals surface area contributed by atoms with Gasteiger partial charge in [-0.2, -0.15) is 10.2 Å². The minimum atomic E-state index is -0.859. The first-order valence-electron chi connectivity index (χ1n) is 9.06. The number of para-hydroxylation sites is 1. The van der Waals surface area contributed by atoms with Crippen molar-refractivity contribution in [2.75, 3.05) is 10.7 Å². The minimum absolute atomic E-state index is 0.223. The van der Waals surface area contributed by atoms with Crippen molar-refractivity contribution in [1.82, 2.24) is 15.2 Å². The Balaban J connectivity index is 1.98. The lowest BCUT2D eigenvalue weighted by Gasteiger charge is -2.30. The van der Waals surface area contributed by atoms with Gasteiger partial charge in [0.05, 0.1) is 17.3 Å². The van der Waals surface area contributed by atoms with E-state index in [1.54, 1.807) is 18.2 Å². The van der Waals surface area contributed by atoms with Crippen LogP contribution in [0.15, 0.2) is 53.7 Å². The Kier molecular flexibility index (Phi) is 5.14. The molecule has 8 heteroatoms. The number of amides is 1. The predicted octanol–water partition coefficient (Wildman–Crippen LogP) is 3.97. The summed E-state index contributed by atoms with van der Waals surface area (Å²) in [5.41, 5.74) is 2.79. The molecule has 3 aromatic rings. The van der Waals surface area contributed by atoms with Crippen LogP contribution in [0.5, 0.6) is 5.88 Å². The Labute approximate surface area is 172 Å². The molecule has 0 N–H and O–H groups in total. The first kappa shape index (κ1) is 18.9. The second-order valence-electron chi connectivity index (χ2n) is 6.26. The van der Waals surface area contributed by atoms with Crippen LogP contribution >= 0.6 is 11.8 Å². The maximum absolute atomic E-state index is 12.7. The fraction of sp³-hybridized carbons (Fsp3) is 0.190. The second kappa shape index (κ2) is 7.89. The van der Waals surface area contributed by atoms with E-state index in [0.29, 0.717) is 33.2 Å². The van der Waals surface area contributed by atoms with Gasteiger partial charge in [-0.25, -0.2) is 0 Å². The van der Waals surface area contributed by atoms with Crippen molar-refractivity contribution in [3.63, 3.8) is 0 Å². The first-order valence-corrected chi connectivity index (χ1v) is 10.0. The number of carbonyl (C=O) groups is 1. The largest absolute Gasteiger partial charge is 0.447 e. The number of ether oxygens (including phenoxy) is 1. The Bertz CT molecular complexity index is 1130. The summed E-state index contributed by atoms with van der Waals surface area (Å²) in [4.78, 5) is 18.8. The van der Waals surface area contributed by atoms with Gasteiger partial charge in [-0.15, -0.1) is 10.2 Å². The SMILES string of the molecule is CCSc1nnc2c(n1)OC(c1ccccc1C#N)N(C(C)=O)c1ccccc1-2. The van der Waals surface area contributed by atoms with Crippen LogP contribution in [0.3, 0.4) is 0 Å². The van der Waals surface area contributed by atoms with Crippen molar-refractivity contribution in [3.8, 4) is 23.2 Å². The Morgan fingerprint density at radius 1 is 1.21 bits per heavy atom. The van der Waals surface area contributed by atoms with Crippen molar-refractivity contribution >= 4 is 23.4 Å². The van der Waals surface area contributed by atoms with Gasteiger partial charge < -0.3 is 4.74 Å². The molecule has 4 rings (SSSR count). The summed E-state index contributed by atoms with van der Waals surface area (Å²) in [6.45, 7) is 3.47. The molecule has 0 bridgehead atoms. The number of benzene rings is 2. The molecule has 1 aliphatic heterocycles. The third-order valence-electron chi connectivity index (χ3n) is 4.47. The van der Waals surface area contributed by atoms with E-state index in [0.717, 1.165) is 5.75 Å². The second-order valence-corrected chi connectivity index (χ2v) is 7.49. The van der Waals surface area contributed by atoms with Gasteiger partial charge >= 0.3 is 0 Å². The molecule has 1 atom stereocenters. The molecular weight excluding hydrogens is 386 g/mol. The summed E-state index contributed by atoms with van der Waals surface area (Å²) in [7, 11) is 0. The highest BCUT2D eigenvalue weighted by atomic mass is 32.2. The maximum Gasteiger partial charge on any atom is 0.247 e. The van der Waals surface area contributed by atoms with E-state index in [4.69, 9.17) is 4.74 Å². The third-order valence-corrected chi connectivity index (χ3v) is 5.19. The van der Waals surface area contributed by atoms with E-state index < -0.39 is 6.23 Å². The van der Waals surface area contributed by atoms with E-state index >= 15 is 0 Å². The van der Waals surface area contributed by atoms with Gasteiger partial charge in [-0.05, 0) is 17.9 Å². The lowest BCUT2D eigenvalue weighted by molar-refractivity contribution is -0.118. The number of hydrogen-bond donors (Lipinski definition) is 0. The molecule has 1 aromatic heterocycles. The van der Waals surface area contributed by atoms with Crippen molar-refractivity contribution in [1.29, 1.82) is 5.26 Å². The van der Waals surface area contributed by atoms with Crippen LogP contribution in [-0.2, 0) is 4.79 Å². The highest BCUT2D eigenvalue weighted by molar-refractivity contribution is 7.99. The molecule has 7 nitrogen and oxygen atoms in total. The molecule has 144 valence electrons. The Hall–Kier alpha value is -3.44. The van der Waals surface area contributed by atoms with Crippen LogP contribution in [0.25, 0.3) is 11.3 Å². The smallest absolute Gasteiger partial charge is 0.247 e. The fourth-order valence-electron chi connectivity index (χ4n) is 3.26. The highest BCUT2D eigenvalue weighted by Crippen LogP contribution is 2.43. The topological polar surface area (TPSA) is 92.0 Å². The molecule has 0 spiro atoms. The number of hydrogen-bond acceptors (Lipinski definition) is 7. The number of nitrogens with zero attached hydrogens (tertiary/aromatic N) is 5. The van der Waals surface area contributed by atoms with Crippen LogP contribution in [-0.4, -0.2) is 26.8 Å². The first-order chi connectivity index (χ1) is 14.1. The summed E-state index contributed by atoms with van der Waals surface area (Å²) in [6.07, 6.45) is -0.859. The monoisotopic (exact) mass is 403 g/mol. The number of nitriles is 1. The van der Waals surface area contributed by atoms with Gasteiger partial charge in [0.2, 0.25) is 23.2 Å². The van der Waals surface area contributed by atoms with E-state index in [1.807, 2.05) is 37.3 Å². The van der Waals surface area contributed by atoms with Gasteiger partial charge in [0, 0.05) is 18.1 Å².